The third kappa shape index (κ3) is 5.32. The van der Waals surface area contributed by atoms with E-state index in [-0.39, 0.29) is 12.7 Å². The molecule has 1 aliphatic heterocycles. The largest absolute Gasteiger partial charge is 0.493 e. The average Bonchev–Trinajstić information content (AvgIpc) is 3.17. The van der Waals surface area contributed by atoms with E-state index in [0.717, 1.165) is 6.42 Å². The molecule has 0 spiro atoms. The third-order valence-electron chi connectivity index (χ3n) is 4.21. The Morgan fingerprint density at radius 1 is 1.28 bits per heavy atom. The first-order valence-corrected chi connectivity index (χ1v) is 9.59. The summed E-state index contributed by atoms with van der Waals surface area (Å²) in [6, 6.07) is 8.41. The van der Waals surface area contributed by atoms with Crippen LogP contribution in [0.25, 0.3) is 0 Å². The Morgan fingerprint density at radius 3 is 2.86 bits per heavy atom. The lowest BCUT2D eigenvalue weighted by Gasteiger charge is -2.12. The number of nitrogens with one attached hydrogen (secondary N) is 1. The molecule has 0 saturated heterocycles. The number of hydrogen-bond donors (Lipinski definition) is 1. The Hall–Kier alpha value is -2.93. The summed E-state index contributed by atoms with van der Waals surface area (Å²) in [7, 11) is 1.54. The predicted octanol–water partition coefficient (Wildman–Crippen LogP) is 4.27. The molecule has 1 aliphatic rings. The van der Waals surface area contributed by atoms with Gasteiger partial charge >= 0.3 is 0 Å². The van der Waals surface area contributed by atoms with E-state index in [2.05, 4.69) is 24.4 Å². The minimum Gasteiger partial charge on any atom is -0.493 e. The van der Waals surface area contributed by atoms with Crippen molar-refractivity contribution in [3.63, 3.8) is 0 Å². The second-order valence-electron chi connectivity index (χ2n) is 6.83. The zero-order valence-corrected chi connectivity index (χ0v) is 17.3. The van der Waals surface area contributed by atoms with Gasteiger partial charge in [-0.25, -0.2) is 5.43 Å². The first kappa shape index (κ1) is 20.8. The molecule has 3 rings (SSSR count). The van der Waals surface area contributed by atoms with Crippen LogP contribution >= 0.6 is 11.6 Å². The lowest BCUT2D eigenvalue weighted by atomic mass is 10.1. The number of rotatable bonds is 8. The summed E-state index contributed by atoms with van der Waals surface area (Å²) in [5.41, 5.74) is 3.56. The van der Waals surface area contributed by atoms with Crippen molar-refractivity contribution in [2.24, 2.45) is 11.0 Å². The summed E-state index contributed by atoms with van der Waals surface area (Å²) in [5.74, 6) is 2.32. The van der Waals surface area contributed by atoms with Crippen molar-refractivity contribution in [3.8, 4) is 23.0 Å². The number of hydrazone groups is 1. The maximum Gasteiger partial charge on any atom is 0.271 e. The molecule has 0 unspecified atom stereocenters. The lowest BCUT2D eigenvalue weighted by Crippen LogP contribution is -2.17. The maximum atomic E-state index is 12.4. The average molecular weight is 419 g/mol. The molecule has 0 atom stereocenters. The van der Waals surface area contributed by atoms with E-state index in [1.54, 1.807) is 30.3 Å². The van der Waals surface area contributed by atoms with Gasteiger partial charge in [0.25, 0.3) is 5.91 Å². The zero-order valence-electron chi connectivity index (χ0n) is 16.5. The van der Waals surface area contributed by atoms with Crippen molar-refractivity contribution in [2.45, 2.75) is 20.3 Å². The summed E-state index contributed by atoms with van der Waals surface area (Å²) >= 11 is 6.13. The molecule has 2 aromatic carbocycles. The van der Waals surface area contributed by atoms with E-state index >= 15 is 0 Å². The molecule has 154 valence electrons. The summed E-state index contributed by atoms with van der Waals surface area (Å²) in [6.07, 6.45) is 2.41. The minimum atomic E-state index is -0.375. The number of ether oxygens (including phenoxy) is 4. The van der Waals surface area contributed by atoms with E-state index in [4.69, 9.17) is 30.5 Å². The fraction of sp³-hybridized carbons (Fsp3) is 0.333. The quantitative estimate of drug-likeness (QED) is 0.511. The molecular formula is C21H23ClN2O5. The number of amides is 1. The van der Waals surface area contributed by atoms with Gasteiger partial charge in [0.15, 0.2) is 23.0 Å². The second-order valence-corrected chi connectivity index (χ2v) is 7.24. The van der Waals surface area contributed by atoms with E-state index in [9.17, 15) is 4.79 Å². The van der Waals surface area contributed by atoms with Crippen LogP contribution in [0, 0.1) is 5.92 Å². The standard InChI is InChI=1S/C21H23ClN2O5/c1-13(2)6-7-27-17-5-4-15(10-18(17)26-3)21(25)24-23-11-14-8-16(22)20-19(9-14)28-12-29-20/h4-5,8-11,13H,6-7,12H2,1-3H3,(H,24,25)/b23-11-. The molecule has 1 heterocycles. The van der Waals surface area contributed by atoms with Crippen molar-refractivity contribution in [3.05, 3.63) is 46.5 Å². The Bertz CT molecular complexity index is 914. The van der Waals surface area contributed by atoms with E-state index in [1.165, 1.54) is 13.3 Å². The molecule has 0 radical (unpaired) electrons. The number of nitrogens with zero attached hydrogens (tertiary/aromatic N) is 1. The number of halogens is 1. The van der Waals surface area contributed by atoms with Gasteiger partial charge in [-0.3, -0.25) is 4.79 Å². The molecule has 0 aliphatic carbocycles. The molecule has 1 amide bonds. The van der Waals surface area contributed by atoms with E-state index in [1.807, 2.05) is 0 Å². The summed E-state index contributed by atoms with van der Waals surface area (Å²) in [6.45, 7) is 4.98. The highest BCUT2D eigenvalue weighted by molar-refractivity contribution is 6.32. The van der Waals surface area contributed by atoms with Crippen molar-refractivity contribution in [1.29, 1.82) is 0 Å². The molecule has 7 nitrogen and oxygen atoms in total. The number of carbonyl (C=O) groups is 1. The molecule has 0 bridgehead atoms. The first-order chi connectivity index (χ1) is 14.0. The summed E-state index contributed by atoms with van der Waals surface area (Å²) in [4.78, 5) is 12.4. The van der Waals surface area contributed by atoms with E-state index < -0.39 is 0 Å². The third-order valence-corrected chi connectivity index (χ3v) is 4.49. The van der Waals surface area contributed by atoms with Crippen LogP contribution in [0.5, 0.6) is 23.0 Å². The molecule has 0 aromatic heterocycles. The van der Waals surface area contributed by atoms with Gasteiger partial charge in [0.05, 0.1) is 25.0 Å². The first-order valence-electron chi connectivity index (χ1n) is 9.21. The second kappa shape index (κ2) is 9.52. The molecule has 0 fully saturated rings. The van der Waals surface area contributed by atoms with Crippen molar-refractivity contribution in [2.75, 3.05) is 20.5 Å². The Morgan fingerprint density at radius 2 is 2.10 bits per heavy atom. The fourth-order valence-corrected chi connectivity index (χ4v) is 2.90. The molecule has 2 aromatic rings. The van der Waals surface area contributed by atoms with Gasteiger partial charge in [-0.15, -0.1) is 0 Å². The van der Waals surface area contributed by atoms with Gasteiger partial charge in [-0.2, -0.15) is 5.10 Å². The highest BCUT2D eigenvalue weighted by Gasteiger charge is 2.18. The monoisotopic (exact) mass is 418 g/mol. The SMILES string of the molecule is COc1cc(C(=O)N/N=C\c2cc(Cl)c3c(c2)OCO3)ccc1OCCC(C)C. The van der Waals surface area contributed by atoms with Gasteiger partial charge in [-0.1, -0.05) is 25.4 Å². The highest BCUT2D eigenvalue weighted by atomic mass is 35.5. The van der Waals surface area contributed by atoms with Crippen molar-refractivity contribution >= 4 is 23.7 Å². The van der Waals surface area contributed by atoms with Gasteiger partial charge in [0, 0.05) is 5.56 Å². The van der Waals surface area contributed by atoms with Crippen LogP contribution in [-0.4, -0.2) is 32.6 Å². The predicted molar refractivity (Wildman–Crippen MR) is 111 cm³/mol. The Labute approximate surface area is 174 Å². The fourth-order valence-electron chi connectivity index (χ4n) is 2.62. The molecular weight excluding hydrogens is 396 g/mol. The van der Waals surface area contributed by atoms with Crippen molar-refractivity contribution < 1.29 is 23.7 Å². The molecule has 0 saturated carbocycles. The van der Waals surface area contributed by atoms with Crippen LogP contribution in [-0.2, 0) is 0 Å². The topological polar surface area (TPSA) is 78.4 Å². The van der Waals surface area contributed by atoms with Crippen LogP contribution in [0.4, 0.5) is 0 Å². The molecule has 1 N–H and O–H groups in total. The van der Waals surface area contributed by atoms with Crippen LogP contribution in [0.1, 0.15) is 36.2 Å². The van der Waals surface area contributed by atoms with Gasteiger partial charge < -0.3 is 18.9 Å². The molecule has 29 heavy (non-hydrogen) atoms. The Kier molecular flexibility index (Phi) is 6.82. The number of carbonyl (C=O) groups excluding carboxylic acids is 1. The number of hydrogen-bond acceptors (Lipinski definition) is 6. The van der Waals surface area contributed by atoms with Gasteiger partial charge in [-0.05, 0) is 48.2 Å². The smallest absolute Gasteiger partial charge is 0.271 e. The van der Waals surface area contributed by atoms with Crippen LogP contribution < -0.4 is 24.4 Å². The zero-order chi connectivity index (χ0) is 20.8. The van der Waals surface area contributed by atoms with E-state index in [0.29, 0.717) is 51.7 Å². The normalized spacial score (nSPS) is 12.4. The summed E-state index contributed by atoms with van der Waals surface area (Å²) < 4.78 is 21.7. The van der Waals surface area contributed by atoms with Crippen LogP contribution in [0.15, 0.2) is 35.4 Å². The maximum absolute atomic E-state index is 12.4. The van der Waals surface area contributed by atoms with Gasteiger partial charge in [0.2, 0.25) is 6.79 Å². The summed E-state index contributed by atoms with van der Waals surface area (Å²) in [5, 5.41) is 4.40. The van der Waals surface area contributed by atoms with Crippen LogP contribution in [0.2, 0.25) is 5.02 Å². The number of benzene rings is 2. The lowest BCUT2D eigenvalue weighted by molar-refractivity contribution is 0.0954. The van der Waals surface area contributed by atoms with Crippen molar-refractivity contribution in [1.82, 2.24) is 5.43 Å². The Balaban J connectivity index is 1.63. The molecule has 8 heteroatoms. The number of fused-ring (bicyclic) bond motifs is 1. The highest BCUT2D eigenvalue weighted by Crippen LogP contribution is 2.39. The van der Waals surface area contributed by atoms with Crippen LogP contribution in [0.3, 0.4) is 0 Å². The van der Waals surface area contributed by atoms with Gasteiger partial charge in [0.1, 0.15) is 0 Å². The number of methoxy groups -OCH3 is 1. The minimum absolute atomic E-state index is 0.130.